The molecule has 1 amide bonds. The molecular formula is C7H11N3O4S. The highest BCUT2D eigenvalue weighted by Gasteiger charge is 2.34. The topological polar surface area (TPSA) is 108 Å². The van der Waals surface area contributed by atoms with Crippen LogP contribution in [-0.2, 0) is 14.9 Å². The Bertz CT molecular complexity index is 382. The van der Waals surface area contributed by atoms with Gasteiger partial charge >= 0.3 is 16.3 Å². The molecule has 2 N–H and O–H groups in total. The van der Waals surface area contributed by atoms with Gasteiger partial charge in [-0.3, -0.25) is 0 Å². The fourth-order valence-corrected chi connectivity index (χ4v) is 1.95. The zero-order valence-electron chi connectivity index (χ0n) is 8.06. The Kier molecular flexibility index (Phi) is 3.49. The SMILES string of the molecule is COC(=O)NS(=O)(=O)NC(C#N)C1CC1. The molecule has 0 spiro atoms. The van der Waals surface area contributed by atoms with Crippen LogP contribution in [0.3, 0.4) is 0 Å². The second-order valence-corrected chi connectivity index (χ2v) is 4.61. The summed E-state index contributed by atoms with van der Waals surface area (Å²) in [5.74, 6) is 0.0456. The third-order valence-corrected chi connectivity index (χ3v) is 2.92. The van der Waals surface area contributed by atoms with Crippen molar-refractivity contribution in [2.24, 2.45) is 5.92 Å². The van der Waals surface area contributed by atoms with Crippen molar-refractivity contribution in [3.05, 3.63) is 0 Å². The lowest BCUT2D eigenvalue weighted by atomic mass is 10.2. The summed E-state index contributed by atoms with van der Waals surface area (Å²) in [5, 5.41) is 8.67. The molecule has 0 saturated heterocycles. The van der Waals surface area contributed by atoms with Crippen LogP contribution in [0.5, 0.6) is 0 Å². The van der Waals surface area contributed by atoms with Crippen LogP contribution in [0, 0.1) is 17.2 Å². The van der Waals surface area contributed by atoms with Crippen LogP contribution in [-0.4, -0.2) is 27.7 Å². The first kappa shape index (κ1) is 11.7. The van der Waals surface area contributed by atoms with Crippen LogP contribution in [0.15, 0.2) is 0 Å². The van der Waals surface area contributed by atoms with Gasteiger partial charge in [0.2, 0.25) is 0 Å². The second-order valence-electron chi connectivity index (χ2n) is 3.16. The number of carbonyl (C=O) groups excluding carboxylic acids is 1. The maximum Gasteiger partial charge on any atom is 0.421 e. The lowest BCUT2D eigenvalue weighted by Crippen LogP contribution is -2.45. The number of nitriles is 1. The van der Waals surface area contributed by atoms with Crippen LogP contribution in [0.4, 0.5) is 4.79 Å². The average molecular weight is 233 g/mol. The van der Waals surface area contributed by atoms with Gasteiger partial charge in [0.15, 0.2) is 0 Å². The molecule has 84 valence electrons. The Labute approximate surface area is 87.6 Å². The fraction of sp³-hybridized carbons (Fsp3) is 0.714. The minimum absolute atomic E-state index is 0.0456. The largest absolute Gasteiger partial charge is 0.452 e. The van der Waals surface area contributed by atoms with Crippen LogP contribution < -0.4 is 9.44 Å². The molecule has 1 atom stereocenters. The molecule has 0 bridgehead atoms. The molecule has 7 nitrogen and oxygen atoms in total. The summed E-state index contributed by atoms with van der Waals surface area (Å²) in [6, 6.07) is 1.04. The van der Waals surface area contributed by atoms with Gasteiger partial charge in [0.1, 0.15) is 6.04 Å². The van der Waals surface area contributed by atoms with E-state index in [0.29, 0.717) is 0 Å². The highest BCUT2D eigenvalue weighted by molar-refractivity contribution is 7.88. The molecule has 0 radical (unpaired) electrons. The molecule has 1 saturated carbocycles. The predicted octanol–water partition coefficient (Wildman–Crippen LogP) is -0.521. The second kappa shape index (κ2) is 4.46. The highest BCUT2D eigenvalue weighted by atomic mass is 32.2. The van der Waals surface area contributed by atoms with Gasteiger partial charge < -0.3 is 4.74 Å². The Morgan fingerprint density at radius 3 is 2.60 bits per heavy atom. The van der Waals surface area contributed by atoms with Crippen molar-refractivity contribution in [2.45, 2.75) is 18.9 Å². The first-order chi connectivity index (χ1) is 6.98. The van der Waals surface area contributed by atoms with Crippen molar-refractivity contribution in [3.63, 3.8) is 0 Å². The van der Waals surface area contributed by atoms with E-state index in [1.54, 1.807) is 4.72 Å². The lowest BCUT2D eigenvalue weighted by Gasteiger charge is -2.10. The van der Waals surface area contributed by atoms with Crippen molar-refractivity contribution < 1.29 is 17.9 Å². The molecule has 1 aliphatic carbocycles. The van der Waals surface area contributed by atoms with Gasteiger partial charge in [-0.05, 0) is 18.8 Å². The summed E-state index contributed by atoms with van der Waals surface area (Å²) < 4.78 is 30.3. The van der Waals surface area contributed by atoms with E-state index in [0.717, 1.165) is 20.0 Å². The standard InChI is InChI=1S/C7H11N3O4S/c1-14-7(11)10-15(12,13)9-6(4-8)5-2-3-5/h5-6,9H,2-3H2,1H3,(H,10,11). The molecule has 0 aromatic heterocycles. The van der Waals surface area contributed by atoms with E-state index in [1.807, 2.05) is 6.07 Å². The van der Waals surface area contributed by atoms with Gasteiger partial charge in [-0.15, -0.1) is 0 Å². The average Bonchev–Trinajstić information content (AvgIpc) is 2.96. The number of nitrogens with one attached hydrogen (secondary N) is 2. The summed E-state index contributed by atoms with van der Waals surface area (Å²) in [6.07, 6.45) is 0.549. The van der Waals surface area contributed by atoms with Crippen molar-refractivity contribution in [1.82, 2.24) is 9.44 Å². The number of ether oxygens (including phenoxy) is 1. The van der Waals surface area contributed by atoms with Crippen molar-refractivity contribution in [3.8, 4) is 6.07 Å². The van der Waals surface area contributed by atoms with Crippen molar-refractivity contribution in [2.75, 3.05) is 7.11 Å². The number of nitrogens with zero attached hydrogens (tertiary/aromatic N) is 1. The number of carbonyl (C=O) groups is 1. The molecule has 0 aromatic rings. The number of hydrogen-bond donors (Lipinski definition) is 2. The molecule has 8 heteroatoms. The Morgan fingerprint density at radius 1 is 1.60 bits per heavy atom. The van der Waals surface area contributed by atoms with E-state index >= 15 is 0 Å². The van der Waals surface area contributed by atoms with Gasteiger partial charge in [0.05, 0.1) is 13.2 Å². The molecule has 1 fully saturated rings. The van der Waals surface area contributed by atoms with E-state index in [9.17, 15) is 13.2 Å². The number of amides is 1. The van der Waals surface area contributed by atoms with E-state index in [-0.39, 0.29) is 5.92 Å². The van der Waals surface area contributed by atoms with E-state index in [2.05, 4.69) is 9.46 Å². The molecule has 15 heavy (non-hydrogen) atoms. The molecule has 0 aliphatic heterocycles. The Hall–Kier alpha value is -1.33. The normalized spacial score (nSPS) is 17.6. The third kappa shape index (κ3) is 3.73. The highest BCUT2D eigenvalue weighted by Crippen LogP contribution is 2.32. The summed E-state index contributed by atoms with van der Waals surface area (Å²) in [7, 11) is -2.96. The number of rotatable bonds is 4. The third-order valence-electron chi connectivity index (χ3n) is 1.92. The van der Waals surface area contributed by atoms with Crippen molar-refractivity contribution in [1.29, 1.82) is 5.26 Å². The first-order valence-electron chi connectivity index (χ1n) is 4.26. The molecule has 0 heterocycles. The van der Waals surface area contributed by atoms with Crippen LogP contribution in [0.1, 0.15) is 12.8 Å². The summed E-state index contributed by atoms with van der Waals surface area (Å²) in [6.45, 7) is 0. The number of methoxy groups -OCH3 is 1. The molecule has 1 rings (SSSR count). The quantitative estimate of drug-likeness (QED) is 0.679. The maximum absolute atomic E-state index is 11.2. The Morgan fingerprint density at radius 2 is 2.20 bits per heavy atom. The van der Waals surface area contributed by atoms with Crippen LogP contribution in [0.2, 0.25) is 0 Å². The fourth-order valence-electron chi connectivity index (χ4n) is 1.01. The minimum atomic E-state index is -4.01. The summed E-state index contributed by atoms with van der Waals surface area (Å²) in [5.41, 5.74) is 0. The van der Waals surface area contributed by atoms with Crippen LogP contribution >= 0.6 is 0 Å². The van der Waals surface area contributed by atoms with Crippen LogP contribution in [0.25, 0.3) is 0 Å². The zero-order valence-corrected chi connectivity index (χ0v) is 8.87. The van der Waals surface area contributed by atoms with E-state index in [4.69, 9.17) is 5.26 Å². The minimum Gasteiger partial charge on any atom is -0.452 e. The molecular weight excluding hydrogens is 222 g/mol. The van der Waals surface area contributed by atoms with Gasteiger partial charge in [0.25, 0.3) is 0 Å². The lowest BCUT2D eigenvalue weighted by molar-refractivity contribution is 0.177. The number of hydrogen-bond acceptors (Lipinski definition) is 5. The molecule has 1 unspecified atom stereocenters. The zero-order chi connectivity index (χ0) is 11.5. The Balaban J connectivity index is 2.55. The first-order valence-corrected chi connectivity index (χ1v) is 5.74. The summed E-state index contributed by atoms with van der Waals surface area (Å²) in [4.78, 5) is 10.6. The van der Waals surface area contributed by atoms with Gasteiger partial charge in [-0.1, -0.05) is 0 Å². The monoisotopic (exact) mass is 233 g/mol. The van der Waals surface area contributed by atoms with E-state index in [1.165, 1.54) is 0 Å². The summed E-state index contributed by atoms with van der Waals surface area (Å²) >= 11 is 0. The van der Waals surface area contributed by atoms with E-state index < -0.39 is 22.3 Å². The maximum atomic E-state index is 11.2. The predicted molar refractivity (Wildman–Crippen MR) is 49.7 cm³/mol. The molecule has 1 aliphatic rings. The van der Waals surface area contributed by atoms with Gasteiger partial charge in [0, 0.05) is 0 Å². The van der Waals surface area contributed by atoms with Gasteiger partial charge in [-0.25, -0.2) is 9.52 Å². The smallest absolute Gasteiger partial charge is 0.421 e. The van der Waals surface area contributed by atoms with Gasteiger partial charge in [-0.2, -0.15) is 18.4 Å². The van der Waals surface area contributed by atoms with Crippen molar-refractivity contribution >= 4 is 16.3 Å². The molecule has 0 aromatic carbocycles.